The van der Waals surface area contributed by atoms with E-state index >= 15 is 0 Å². The van der Waals surface area contributed by atoms with E-state index in [1.807, 2.05) is 0 Å². The SMILES string of the molecule is CC(C)[N-]C(C)C.CC(C)[N-]C(C)C.CC(C)[N-]C(C)C.[Er+3]. The zero-order valence-electron chi connectivity index (χ0n) is 17.1. The van der Waals surface area contributed by atoms with Crippen molar-refractivity contribution < 1.29 is 37.3 Å². The topological polar surface area (TPSA) is 42.3 Å². The molecular formula is C18H42ErN3. The molecule has 0 unspecified atom stereocenters. The molecule has 0 aromatic carbocycles. The summed E-state index contributed by atoms with van der Waals surface area (Å²) in [5.74, 6) is 0. The van der Waals surface area contributed by atoms with Crippen LogP contribution in [-0.2, 0) is 0 Å². The zero-order chi connectivity index (χ0) is 17.6. The van der Waals surface area contributed by atoms with Crippen LogP contribution in [0.3, 0.4) is 0 Å². The first-order valence-corrected chi connectivity index (χ1v) is 8.48. The molecule has 0 saturated carbocycles. The third-order valence-corrected chi connectivity index (χ3v) is 1.79. The van der Waals surface area contributed by atoms with Crippen LogP contribution in [0.5, 0.6) is 0 Å². The van der Waals surface area contributed by atoms with Crippen LogP contribution in [0.1, 0.15) is 83.1 Å². The van der Waals surface area contributed by atoms with Gasteiger partial charge in [-0.3, -0.25) is 0 Å². The van der Waals surface area contributed by atoms with Crippen molar-refractivity contribution in [3.8, 4) is 0 Å². The molecule has 0 rings (SSSR count). The molecule has 0 saturated heterocycles. The molecule has 0 aromatic rings. The molecular weight excluding hydrogens is 425 g/mol. The Balaban J connectivity index is -0.000000108. The third-order valence-electron chi connectivity index (χ3n) is 1.79. The van der Waals surface area contributed by atoms with Crippen molar-refractivity contribution in [3.05, 3.63) is 16.0 Å². The fraction of sp³-hybridized carbons (Fsp3) is 1.00. The number of hydrogen-bond donors (Lipinski definition) is 0. The molecule has 0 aliphatic carbocycles. The van der Waals surface area contributed by atoms with Crippen LogP contribution in [0, 0.1) is 37.3 Å². The maximum atomic E-state index is 4.28. The van der Waals surface area contributed by atoms with Gasteiger partial charge >= 0.3 is 37.3 Å². The summed E-state index contributed by atoms with van der Waals surface area (Å²) in [7, 11) is 0. The first-order valence-electron chi connectivity index (χ1n) is 8.48. The summed E-state index contributed by atoms with van der Waals surface area (Å²) < 4.78 is 0. The van der Waals surface area contributed by atoms with Crippen molar-refractivity contribution in [1.82, 2.24) is 0 Å². The van der Waals surface area contributed by atoms with E-state index in [0.717, 1.165) is 0 Å². The second-order valence-electron chi connectivity index (χ2n) is 7.01. The van der Waals surface area contributed by atoms with Crippen molar-refractivity contribution in [3.63, 3.8) is 0 Å². The Morgan fingerprint density at radius 3 is 0.409 bits per heavy atom. The van der Waals surface area contributed by atoms with E-state index in [2.05, 4.69) is 99.0 Å². The van der Waals surface area contributed by atoms with Crippen LogP contribution >= 0.6 is 0 Å². The number of hydrogen-bond acceptors (Lipinski definition) is 0. The number of rotatable bonds is 6. The molecule has 22 heavy (non-hydrogen) atoms. The van der Waals surface area contributed by atoms with Crippen molar-refractivity contribution in [2.75, 3.05) is 0 Å². The van der Waals surface area contributed by atoms with E-state index in [1.165, 1.54) is 0 Å². The molecule has 0 heterocycles. The Labute approximate surface area is 171 Å². The van der Waals surface area contributed by atoms with Crippen molar-refractivity contribution in [1.29, 1.82) is 0 Å². The van der Waals surface area contributed by atoms with Gasteiger partial charge in [0, 0.05) is 0 Å². The predicted octanol–water partition coefficient (Wildman–Crippen LogP) is 6.53. The number of nitrogens with zero attached hydrogens (tertiary/aromatic N) is 3. The maximum absolute atomic E-state index is 4.28. The quantitative estimate of drug-likeness (QED) is 0.426. The third kappa shape index (κ3) is 49.7. The van der Waals surface area contributed by atoms with Gasteiger partial charge < -0.3 is 16.0 Å². The standard InChI is InChI=1S/3C6H14N.Er/c3*1-5(2)7-6(3)4;/h3*5-6H,1-4H3;/q3*-1;+3. The van der Waals surface area contributed by atoms with Crippen molar-refractivity contribution in [2.24, 2.45) is 0 Å². The van der Waals surface area contributed by atoms with Gasteiger partial charge in [-0.2, -0.15) is 0 Å². The fourth-order valence-corrected chi connectivity index (χ4v) is 1.79. The Morgan fingerprint density at radius 1 is 0.318 bits per heavy atom. The van der Waals surface area contributed by atoms with E-state index in [9.17, 15) is 0 Å². The van der Waals surface area contributed by atoms with E-state index in [4.69, 9.17) is 0 Å². The van der Waals surface area contributed by atoms with Gasteiger partial charge in [0.05, 0.1) is 0 Å². The minimum Gasteiger partial charge on any atom is -0.658 e. The summed E-state index contributed by atoms with van der Waals surface area (Å²) in [5, 5.41) is 12.8. The average Bonchev–Trinajstić information content (AvgIpc) is 2.10. The summed E-state index contributed by atoms with van der Waals surface area (Å²) in [4.78, 5) is 0. The summed E-state index contributed by atoms with van der Waals surface area (Å²) in [6, 6.07) is 3.00. The largest absolute Gasteiger partial charge is 3.00 e. The molecule has 0 aromatic heterocycles. The summed E-state index contributed by atoms with van der Waals surface area (Å²) in [6.45, 7) is 25.2. The van der Waals surface area contributed by atoms with Crippen LogP contribution in [-0.4, -0.2) is 36.3 Å². The molecule has 3 nitrogen and oxygen atoms in total. The van der Waals surface area contributed by atoms with Gasteiger partial charge in [-0.05, 0) is 0 Å². The van der Waals surface area contributed by atoms with Crippen molar-refractivity contribution >= 4 is 0 Å². The molecule has 0 N–H and O–H groups in total. The van der Waals surface area contributed by atoms with Crippen LogP contribution < -0.4 is 0 Å². The average molecular weight is 468 g/mol. The monoisotopic (exact) mass is 466 g/mol. The summed E-state index contributed by atoms with van der Waals surface area (Å²) in [6.07, 6.45) is 0. The minimum absolute atomic E-state index is 0. The van der Waals surface area contributed by atoms with Gasteiger partial charge in [0.1, 0.15) is 0 Å². The second kappa shape index (κ2) is 20.2. The van der Waals surface area contributed by atoms with Gasteiger partial charge in [0.25, 0.3) is 0 Å². The second-order valence-corrected chi connectivity index (χ2v) is 7.01. The Morgan fingerprint density at radius 2 is 0.409 bits per heavy atom. The van der Waals surface area contributed by atoms with Crippen molar-refractivity contribution in [2.45, 2.75) is 119 Å². The molecule has 0 amide bonds. The predicted molar refractivity (Wildman–Crippen MR) is 101 cm³/mol. The Kier molecular flexibility index (Phi) is 28.4. The molecule has 141 valence electrons. The molecule has 0 spiro atoms. The first-order chi connectivity index (χ1) is 9.38. The molecule has 0 aliphatic rings. The Bertz CT molecular complexity index is 139. The van der Waals surface area contributed by atoms with Gasteiger partial charge in [-0.1, -0.05) is 83.1 Å². The maximum Gasteiger partial charge on any atom is 3.00 e. The van der Waals surface area contributed by atoms with Crippen LogP contribution in [0.25, 0.3) is 16.0 Å². The van der Waals surface area contributed by atoms with E-state index in [1.54, 1.807) is 0 Å². The molecule has 0 bridgehead atoms. The first kappa shape index (κ1) is 31.0. The summed E-state index contributed by atoms with van der Waals surface area (Å²) >= 11 is 0. The molecule has 1 radical (unpaired) electrons. The zero-order valence-corrected chi connectivity index (χ0v) is 18.9. The van der Waals surface area contributed by atoms with E-state index in [0.29, 0.717) is 36.3 Å². The van der Waals surface area contributed by atoms with Crippen LogP contribution in [0.4, 0.5) is 0 Å². The van der Waals surface area contributed by atoms with Gasteiger partial charge in [0.2, 0.25) is 0 Å². The minimum atomic E-state index is 0. The van der Waals surface area contributed by atoms with Gasteiger partial charge in [0.15, 0.2) is 0 Å². The van der Waals surface area contributed by atoms with Crippen LogP contribution in [0.15, 0.2) is 0 Å². The van der Waals surface area contributed by atoms with Gasteiger partial charge in [-0.15, -0.1) is 36.3 Å². The van der Waals surface area contributed by atoms with Gasteiger partial charge in [-0.25, -0.2) is 0 Å². The molecule has 0 aliphatic heterocycles. The Hall–Kier alpha value is 1.13. The molecule has 4 heteroatoms. The van der Waals surface area contributed by atoms with Crippen LogP contribution in [0.2, 0.25) is 0 Å². The normalized spacial score (nSPS) is 10.6. The smallest absolute Gasteiger partial charge is 0.658 e. The molecule has 0 fully saturated rings. The molecule has 0 atom stereocenters. The van der Waals surface area contributed by atoms with E-state index < -0.39 is 0 Å². The summed E-state index contributed by atoms with van der Waals surface area (Å²) in [5.41, 5.74) is 0. The van der Waals surface area contributed by atoms with E-state index in [-0.39, 0.29) is 37.3 Å². The fourth-order valence-electron chi connectivity index (χ4n) is 1.79.